The first-order valence-electron chi connectivity index (χ1n) is 15.1. The van der Waals surface area contributed by atoms with Gasteiger partial charge in [0.2, 0.25) is 0 Å². The zero-order chi connectivity index (χ0) is 31.0. The van der Waals surface area contributed by atoms with Crippen molar-refractivity contribution in [2.75, 3.05) is 13.2 Å². The van der Waals surface area contributed by atoms with Gasteiger partial charge in [0, 0.05) is 11.1 Å². The van der Waals surface area contributed by atoms with E-state index in [2.05, 4.69) is 106 Å². The smallest absolute Gasteiger partial charge is 0.339 e. The Morgan fingerprint density at radius 3 is 1.02 bits per heavy atom. The van der Waals surface area contributed by atoms with E-state index < -0.39 is 28.1 Å². The molecule has 0 atom stereocenters. The van der Waals surface area contributed by atoms with Crippen LogP contribution >= 0.6 is 0 Å². The molecule has 6 heteroatoms. The molecule has 4 nitrogen and oxygen atoms in total. The third-order valence-electron chi connectivity index (χ3n) is 8.71. The minimum Gasteiger partial charge on any atom is -0.462 e. The largest absolute Gasteiger partial charge is 0.462 e. The minimum absolute atomic E-state index is 0.249. The van der Waals surface area contributed by atoms with E-state index in [0.29, 0.717) is 55.5 Å². The van der Waals surface area contributed by atoms with Gasteiger partial charge in [0.15, 0.2) is 0 Å². The van der Waals surface area contributed by atoms with Crippen molar-refractivity contribution in [1.29, 1.82) is 0 Å². The van der Waals surface area contributed by atoms with Gasteiger partial charge in [-0.2, -0.15) is 0 Å². The highest BCUT2D eigenvalue weighted by Gasteiger charge is 2.43. The minimum atomic E-state index is -2.09. The first-order valence-corrected chi connectivity index (χ1v) is 19.6. The molecule has 1 aromatic rings. The van der Waals surface area contributed by atoms with Crippen LogP contribution in [-0.2, 0) is 9.47 Å². The number of esters is 2. The number of benzene rings is 1. The summed E-state index contributed by atoms with van der Waals surface area (Å²) in [4.78, 5) is 26.5. The van der Waals surface area contributed by atoms with Crippen LogP contribution in [0.2, 0.25) is 33.2 Å². The summed E-state index contributed by atoms with van der Waals surface area (Å²) in [5.74, 6) is 5.89. The SMILES string of the molecule is CCOC(=O)c1cc(C#C[Si](C(C)C)(C(C)C)C(C)C)c(C(=O)OCC)cc1C#C[Si](C(C)C)(C(C)C)C(C)C. The van der Waals surface area contributed by atoms with Crippen LogP contribution in [0.4, 0.5) is 0 Å². The van der Waals surface area contributed by atoms with Crippen LogP contribution in [0, 0.1) is 22.9 Å². The molecule has 0 saturated carbocycles. The highest BCUT2D eigenvalue weighted by atomic mass is 28.3. The average Bonchev–Trinajstić information content (AvgIpc) is 2.83. The summed E-state index contributed by atoms with van der Waals surface area (Å²) < 4.78 is 10.9. The van der Waals surface area contributed by atoms with Gasteiger partial charge in [-0.3, -0.25) is 0 Å². The van der Waals surface area contributed by atoms with E-state index in [1.165, 1.54) is 0 Å². The van der Waals surface area contributed by atoms with E-state index in [1.807, 2.05) is 0 Å². The standard InChI is InChI=1S/C34H54O4Si2/c1-15-37-33(35)31-21-30(18-20-40(26(9)10,27(11)12)28(13)14)32(34(36)38-16-2)22-29(31)17-19-39(23(3)4,24(5)6)25(7)8/h21-28H,15-16H2,1-14H3. The van der Waals surface area contributed by atoms with Crippen molar-refractivity contribution in [3.8, 4) is 22.9 Å². The summed E-state index contributed by atoms with van der Waals surface area (Å²) in [6.07, 6.45) is 0. The molecule has 1 aromatic carbocycles. The lowest BCUT2D eigenvalue weighted by Crippen LogP contribution is -2.43. The summed E-state index contributed by atoms with van der Waals surface area (Å²) in [7, 11) is -4.18. The van der Waals surface area contributed by atoms with Crippen molar-refractivity contribution in [2.45, 2.75) is 130 Å². The Balaban J connectivity index is 4.17. The van der Waals surface area contributed by atoms with Gasteiger partial charge in [-0.05, 0) is 59.2 Å². The normalized spacial score (nSPS) is 12.1. The second-order valence-electron chi connectivity index (χ2n) is 12.7. The molecule has 0 aromatic heterocycles. The molecule has 0 N–H and O–H groups in total. The van der Waals surface area contributed by atoms with Gasteiger partial charge >= 0.3 is 11.9 Å². The molecule has 0 saturated heterocycles. The average molecular weight is 583 g/mol. The number of hydrogen-bond donors (Lipinski definition) is 0. The van der Waals surface area contributed by atoms with Crippen molar-refractivity contribution < 1.29 is 19.1 Å². The molecule has 222 valence electrons. The van der Waals surface area contributed by atoms with Gasteiger partial charge in [-0.15, -0.1) is 11.1 Å². The number of rotatable bonds is 10. The molecule has 0 heterocycles. The zero-order valence-electron chi connectivity index (χ0n) is 27.7. The van der Waals surface area contributed by atoms with Crippen molar-refractivity contribution in [3.63, 3.8) is 0 Å². The van der Waals surface area contributed by atoms with Gasteiger partial charge in [0.1, 0.15) is 16.1 Å². The Morgan fingerprint density at radius 2 is 0.825 bits per heavy atom. The van der Waals surface area contributed by atoms with Crippen molar-refractivity contribution in [3.05, 3.63) is 34.4 Å². The molecule has 0 aliphatic rings. The molecule has 0 spiro atoms. The van der Waals surface area contributed by atoms with Crippen LogP contribution in [0.5, 0.6) is 0 Å². The molecule has 1 rings (SSSR count). The zero-order valence-corrected chi connectivity index (χ0v) is 29.7. The summed E-state index contributed by atoms with van der Waals surface area (Å²) in [5, 5.41) is 0. The maximum atomic E-state index is 13.2. The summed E-state index contributed by atoms with van der Waals surface area (Å²) in [5.41, 5.74) is 11.7. The Morgan fingerprint density at radius 1 is 0.575 bits per heavy atom. The number of carbonyl (C=O) groups excluding carboxylic acids is 2. The summed E-state index contributed by atoms with van der Waals surface area (Å²) >= 11 is 0. The molecular formula is C34H54O4Si2. The van der Waals surface area contributed by atoms with Crippen LogP contribution in [0.1, 0.15) is 129 Å². The number of carbonyl (C=O) groups is 2. The maximum Gasteiger partial charge on any atom is 0.339 e. The second kappa shape index (κ2) is 15.1. The van der Waals surface area contributed by atoms with Crippen LogP contribution in [0.15, 0.2) is 12.1 Å². The predicted molar refractivity (Wildman–Crippen MR) is 174 cm³/mol. The van der Waals surface area contributed by atoms with E-state index in [9.17, 15) is 9.59 Å². The van der Waals surface area contributed by atoms with Crippen LogP contribution in [0.25, 0.3) is 0 Å². The lowest BCUT2D eigenvalue weighted by molar-refractivity contribution is 0.0511. The van der Waals surface area contributed by atoms with E-state index in [0.717, 1.165) is 0 Å². The van der Waals surface area contributed by atoms with Crippen molar-refractivity contribution in [2.24, 2.45) is 0 Å². The number of ether oxygens (including phenoxy) is 2. The fourth-order valence-electron chi connectivity index (χ4n) is 6.78. The first kappa shape index (κ1) is 35.7. The lowest BCUT2D eigenvalue weighted by atomic mass is 9.98. The Hall–Kier alpha value is -2.29. The van der Waals surface area contributed by atoms with E-state index in [-0.39, 0.29) is 13.2 Å². The highest BCUT2D eigenvalue weighted by Crippen LogP contribution is 2.42. The molecular weight excluding hydrogens is 529 g/mol. The van der Waals surface area contributed by atoms with Gasteiger partial charge in [0.25, 0.3) is 0 Å². The monoisotopic (exact) mass is 582 g/mol. The highest BCUT2D eigenvalue weighted by molar-refractivity contribution is 6.91. The summed E-state index contributed by atoms with van der Waals surface area (Å²) in [6, 6.07) is 3.43. The van der Waals surface area contributed by atoms with Crippen molar-refractivity contribution >= 4 is 28.1 Å². The van der Waals surface area contributed by atoms with Crippen LogP contribution in [-0.4, -0.2) is 41.3 Å². The van der Waals surface area contributed by atoms with Crippen LogP contribution < -0.4 is 0 Å². The first-order chi connectivity index (χ1) is 18.5. The van der Waals surface area contributed by atoms with Gasteiger partial charge in [-0.1, -0.05) is 94.9 Å². The van der Waals surface area contributed by atoms with Gasteiger partial charge < -0.3 is 9.47 Å². The molecule has 0 amide bonds. The molecule has 0 unspecified atom stereocenters. The molecule has 0 aliphatic carbocycles. The topological polar surface area (TPSA) is 52.6 Å². The molecule has 0 bridgehead atoms. The molecule has 0 fully saturated rings. The van der Waals surface area contributed by atoms with Crippen LogP contribution in [0.3, 0.4) is 0 Å². The third-order valence-corrected chi connectivity index (χ3v) is 21.3. The molecule has 0 aliphatic heterocycles. The fourth-order valence-corrected chi connectivity index (χ4v) is 17.2. The van der Waals surface area contributed by atoms with Gasteiger partial charge in [0.05, 0.1) is 24.3 Å². The molecule has 40 heavy (non-hydrogen) atoms. The second-order valence-corrected chi connectivity index (χ2v) is 23.8. The quantitative estimate of drug-likeness (QED) is 0.157. The fraction of sp³-hybridized carbons (Fsp3) is 0.647. The molecule has 0 radical (unpaired) electrons. The Bertz CT molecular complexity index is 1020. The van der Waals surface area contributed by atoms with E-state index in [4.69, 9.17) is 9.47 Å². The van der Waals surface area contributed by atoms with Gasteiger partial charge in [-0.25, -0.2) is 9.59 Å². The predicted octanol–water partition coefficient (Wildman–Crippen LogP) is 9.18. The Labute approximate surface area is 247 Å². The number of hydrogen-bond acceptors (Lipinski definition) is 4. The summed E-state index contributed by atoms with van der Waals surface area (Å²) in [6.45, 7) is 31.1. The third kappa shape index (κ3) is 7.51. The lowest BCUT2D eigenvalue weighted by Gasteiger charge is -2.38. The van der Waals surface area contributed by atoms with Crippen molar-refractivity contribution in [1.82, 2.24) is 0 Å². The van der Waals surface area contributed by atoms with E-state index >= 15 is 0 Å². The Kier molecular flexibility index (Phi) is 13.5. The maximum absolute atomic E-state index is 13.2. The van der Waals surface area contributed by atoms with E-state index in [1.54, 1.807) is 26.0 Å².